The van der Waals surface area contributed by atoms with Crippen LogP contribution in [0.1, 0.15) is 17.3 Å². The van der Waals surface area contributed by atoms with Crippen LogP contribution >= 0.6 is 0 Å². The summed E-state index contributed by atoms with van der Waals surface area (Å²) >= 11 is 0. The lowest BCUT2D eigenvalue weighted by atomic mass is 10.2. The summed E-state index contributed by atoms with van der Waals surface area (Å²) < 4.78 is 4.71. The van der Waals surface area contributed by atoms with Crippen LogP contribution in [0, 0.1) is 0 Å². The molecule has 0 saturated heterocycles. The Hall–Kier alpha value is -2.37. The van der Waals surface area contributed by atoms with Gasteiger partial charge >= 0.3 is 5.97 Å². The van der Waals surface area contributed by atoms with Crippen LogP contribution in [0.3, 0.4) is 0 Å². The van der Waals surface area contributed by atoms with Gasteiger partial charge in [-0.1, -0.05) is 0 Å². The first-order valence-electron chi connectivity index (χ1n) is 4.99. The highest BCUT2D eigenvalue weighted by Gasteiger charge is 2.22. The van der Waals surface area contributed by atoms with Crippen molar-refractivity contribution in [1.29, 1.82) is 0 Å². The summed E-state index contributed by atoms with van der Waals surface area (Å²) in [6.07, 6.45) is 1.45. The fourth-order valence-corrected chi connectivity index (χ4v) is 1.46. The number of pyridine rings is 2. The van der Waals surface area contributed by atoms with E-state index in [0.29, 0.717) is 5.52 Å². The van der Waals surface area contributed by atoms with Crippen molar-refractivity contribution in [3.8, 4) is 11.6 Å². The molecule has 2 N–H and O–H groups in total. The Morgan fingerprint density at radius 3 is 2.94 bits per heavy atom. The van der Waals surface area contributed by atoms with Gasteiger partial charge in [0.15, 0.2) is 11.3 Å². The number of rotatable bonds is 2. The first-order valence-corrected chi connectivity index (χ1v) is 4.99. The number of aromatic hydroxyl groups is 2. The monoisotopic (exact) mass is 234 g/mol. The number of fused-ring (bicyclic) bond motifs is 1. The van der Waals surface area contributed by atoms with Gasteiger partial charge in [0.2, 0.25) is 5.88 Å². The number of esters is 1. The SMILES string of the molecule is CCOC(=O)c1c(O)nc2cccnc2c1O. The van der Waals surface area contributed by atoms with Crippen molar-refractivity contribution in [2.24, 2.45) is 0 Å². The van der Waals surface area contributed by atoms with Crippen molar-refractivity contribution in [2.75, 3.05) is 6.61 Å². The number of hydrogen-bond acceptors (Lipinski definition) is 6. The maximum Gasteiger partial charge on any atom is 0.347 e. The van der Waals surface area contributed by atoms with Crippen molar-refractivity contribution in [2.45, 2.75) is 6.92 Å². The number of hydrogen-bond donors (Lipinski definition) is 2. The molecule has 0 spiro atoms. The van der Waals surface area contributed by atoms with Crippen LogP contribution in [0.2, 0.25) is 0 Å². The number of ether oxygens (including phenoxy) is 1. The third-order valence-corrected chi connectivity index (χ3v) is 2.18. The standard InChI is InChI=1S/C11H10N2O4/c1-2-17-11(16)7-9(14)8-6(13-10(7)15)4-3-5-12-8/h3-5H,2H2,1H3,(H2,13,14,15). The average Bonchev–Trinajstić information content (AvgIpc) is 2.29. The molecular formula is C11H10N2O4. The molecule has 0 aliphatic rings. The van der Waals surface area contributed by atoms with Crippen molar-refractivity contribution in [1.82, 2.24) is 9.97 Å². The van der Waals surface area contributed by atoms with E-state index in [9.17, 15) is 15.0 Å². The minimum absolute atomic E-state index is 0.137. The zero-order chi connectivity index (χ0) is 12.4. The molecule has 0 aliphatic carbocycles. The Kier molecular flexibility index (Phi) is 2.78. The maximum absolute atomic E-state index is 11.5. The third kappa shape index (κ3) is 1.84. The lowest BCUT2D eigenvalue weighted by Crippen LogP contribution is -2.06. The van der Waals surface area contributed by atoms with Crippen LogP contribution in [0.25, 0.3) is 11.0 Å². The number of nitrogens with zero attached hydrogens (tertiary/aromatic N) is 2. The van der Waals surface area contributed by atoms with E-state index in [0.717, 1.165) is 0 Å². The molecule has 0 atom stereocenters. The van der Waals surface area contributed by atoms with Gasteiger partial charge < -0.3 is 14.9 Å². The minimum atomic E-state index is -0.831. The van der Waals surface area contributed by atoms with Gasteiger partial charge in [0.1, 0.15) is 5.52 Å². The normalized spacial score (nSPS) is 10.4. The first kappa shape index (κ1) is 11.1. The molecule has 0 aliphatic heterocycles. The second-order valence-electron chi connectivity index (χ2n) is 3.25. The van der Waals surface area contributed by atoms with Crippen molar-refractivity contribution >= 4 is 17.0 Å². The van der Waals surface area contributed by atoms with Crippen molar-refractivity contribution in [3.05, 3.63) is 23.9 Å². The number of carbonyl (C=O) groups excluding carboxylic acids is 1. The predicted molar refractivity (Wildman–Crippen MR) is 58.8 cm³/mol. The lowest BCUT2D eigenvalue weighted by molar-refractivity contribution is 0.0519. The summed E-state index contributed by atoms with van der Waals surface area (Å²) in [5.74, 6) is -1.82. The van der Waals surface area contributed by atoms with Crippen molar-refractivity contribution in [3.63, 3.8) is 0 Å². The highest BCUT2D eigenvalue weighted by atomic mass is 16.5. The van der Waals surface area contributed by atoms with E-state index in [2.05, 4.69) is 9.97 Å². The molecule has 88 valence electrons. The van der Waals surface area contributed by atoms with Crippen LogP contribution in [-0.4, -0.2) is 32.8 Å². The molecule has 2 heterocycles. The second-order valence-corrected chi connectivity index (χ2v) is 3.25. The van der Waals surface area contributed by atoms with Crippen LogP contribution in [0.5, 0.6) is 11.6 Å². The van der Waals surface area contributed by atoms with Crippen molar-refractivity contribution < 1.29 is 19.7 Å². The van der Waals surface area contributed by atoms with E-state index >= 15 is 0 Å². The number of aromatic nitrogens is 2. The predicted octanol–water partition coefficient (Wildman–Crippen LogP) is 1.22. The molecule has 2 aromatic rings. The Balaban J connectivity index is 2.67. The molecule has 0 saturated carbocycles. The summed E-state index contributed by atoms with van der Waals surface area (Å²) in [7, 11) is 0. The van der Waals surface area contributed by atoms with Gasteiger partial charge in [-0.3, -0.25) is 4.98 Å². The van der Waals surface area contributed by atoms with Gasteiger partial charge in [-0.25, -0.2) is 9.78 Å². The van der Waals surface area contributed by atoms with E-state index in [1.807, 2.05) is 0 Å². The van der Waals surface area contributed by atoms with E-state index in [-0.39, 0.29) is 17.7 Å². The lowest BCUT2D eigenvalue weighted by Gasteiger charge is -2.07. The van der Waals surface area contributed by atoms with Gasteiger partial charge in [-0.05, 0) is 19.1 Å². The fourth-order valence-electron chi connectivity index (χ4n) is 1.46. The highest BCUT2D eigenvalue weighted by Crippen LogP contribution is 2.31. The first-order chi connectivity index (χ1) is 8.15. The summed E-state index contributed by atoms with van der Waals surface area (Å²) in [5.41, 5.74) is 0.0851. The number of carbonyl (C=O) groups is 1. The molecule has 0 radical (unpaired) electrons. The fraction of sp³-hybridized carbons (Fsp3) is 0.182. The topological polar surface area (TPSA) is 92.5 Å². The van der Waals surface area contributed by atoms with Crippen LogP contribution in [0.4, 0.5) is 0 Å². The molecule has 6 nitrogen and oxygen atoms in total. The molecule has 0 amide bonds. The molecule has 0 fully saturated rings. The minimum Gasteiger partial charge on any atom is -0.505 e. The summed E-state index contributed by atoms with van der Waals surface area (Å²) in [6.45, 7) is 1.76. The van der Waals surface area contributed by atoms with E-state index in [4.69, 9.17) is 4.74 Å². The maximum atomic E-state index is 11.5. The van der Waals surface area contributed by atoms with E-state index in [1.54, 1.807) is 19.1 Å². The van der Waals surface area contributed by atoms with Crippen LogP contribution in [0.15, 0.2) is 18.3 Å². The molecule has 2 aromatic heterocycles. The quantitative estimate of drug-likeness (QED) is 0.759. The Morgan fingerprint density at radius 1 is 1.47 bits per heavy atom. The summed E-state index contributed by atoms with van der Waals surface area (Å²) in [4.78, 5) is 19.2. The largest absolute Gasteiger partial charge is 0.505 e. The smallest absolute Gasteiger partial charge is 0.347 e. The Morgan fingerprint density at radius 2 is 2.24 bits per heavy atom. The molecule has 0 bridgehead atoms. The molecular weight excluding hydrogens is 224 g/mol. The average molecular weight is 234 g/mol. The molecule has 2 rings (SSSR count). The van der Waals surface area contributed by atoms with Gasteiger partial charge in [-0.15, -0.1) is 0 Å². The molecule has 0 aromatic carbocycles. The molecule has 17 heavy (non-hydrogen) atoms. The van der Waals surface area contributed by atoms with Gasteiger partial charge in [0.25, 0.3) is 0 Å². The molecule has 6 heteroatoms. The molecule has 0 unspecified atom stereocenters. The summed E-state index contributed by atoms with van der Waals surface area (Å²) in [5, 5.41) is 19.5. The third-order valence-electron chi connectivity index (χ3n) is 2.18. The zero-order valence-electron chi connectivity index (χ0n) is 9.04. The Labute approximate surface area is 96.5 Å². The van der Waals surface area contributed by atoms with Crippen LogP contribution < -0.4 is 0 Å². The second kappa shape index (κ2) is 4.25. The zero-order valence-corrected chi connectivity index (χ0v) is 9.04. The van der Waals surface area contributed by atoms with E-state index in [1.165, 1.54) is 6.20 Å². The van der Waals surface area contributed by atoms with Gasteiger partial charge in [0.05, 0.1) is 12.1 Å². The van der Waals surface area contributed by atoms with Gasteiger partial charge in [-0.2, -0.15) is 0 Å². The summed E-state index contributed by atoms with van der Waals surface area (Å²) in [6, 6.07) is 3.18. The van der Waals surface area contributed by atoms with Gasteiger partial charge in [0, 0.05) is 6.20 Å². The van der Waals surface area contributed by atoms with Crippen LogP contribution in [-0.2, 0) is 4.74 Å². The highest BCUT2D eigenvalue weighted by molar-refractivity contribution is 6.00. The Bertz CT molecular complexity index is 583. The van der Waals surface area contributed by atoms with E-state index < -0.39 is 17.6 Å².